The fourth-order valence-corrected chi connectivity index (χ4v) is 1.03. The molecule has 12 heavy (non-hydrogen) atoms. The Morgan fingerprint density at radius 3 is 2.50 bits per heavy atom. The van der Waals surface area contributed by atoms with Gasteiger partial charge in [0, 0.05) is 5.56 Å². The van der Waals surface area contributed by atoms with Gasteiger partial charge in [-0.3, -0.25) is 4.79 Å². The zero-order chi connectivity index (χ0) is 9.19. The van der Waals surface area contributed by atoms with E-state index in [1.165, 1.54) is 6.07 Å². The fraction of sp³-hybridized carbons (Fsp3) is 0.125. The summed E-state index contributed by atoms with van der Waals surface area (Å²) < 4.78 is -1.88. The topological polar surface area (TPSA) is 17.1 Å². The molecule has 0 N–H and O–H groups in total. The smallest absolute Gasteiger partial charge is 0.253 e. The quantitative estimate of drug-likeness (QED) is 0.527. The molecule has 0 fully saturated rings. The Labute approximate surface area is 85.2 Å². The van der Waals surface area contributed by atoms with Crippen LogP contribution in [-0.4, -0.2) is 9.58 Å². The Hall–Kier alpha value is -0.240. The highest BCUT2D eigenvalue weighted by molar-refractivity contribution is 6.77. The molecule has 1 radical (unpaired) electrons. The third-order valence-electron chi connectivity index (χ3n) is 1.23. The molecular formula is C8H4Cl3O. The van der Waals surface area contributed by atoms with Crippen LogP contribution in [0, 0.1) is 6.07 Å². The first-order valence-electron chi connectivity index (χ1n) is 3.09. The number of hydrogen-bond acceptors (Lipinski definition) is 1. The number of Topliss-reactive ketones (excluding diaryl/α,β-unsaturated/α-hetero) is 1. The van der Waals surface area contributed by atoms with Crippen LogP contribution >= 0.6 is 34.8 Å². The van der Waals surface area contributed by atoms with Crippen LogP contribution in [0.4, 0.5) is 0 Å². The molecule has 1 aromatic rings. The van der Waals surface area contributed by atoms with E-state index < -0.39 is 9.58 Å². The molecule has 0 bridgehead atoms. The van der Waals surface area contributed by atoms with Crippen LogP contribution in [0.2, 0.25) is 0 Å². The van der Waals surface area contributed by atoms with Crippen LogP contribution in [-0.2, 0) is 0 Å². The lowest BCUT2D eigenvalue weighted by molar-refractivity contribution is 0.0996. The van der Waals surface area contributed by atoms with Crippen molar-refractivity contribution < 1.29 is 4.79 Å². The number of ketones is 1. The van der Waals surface area contributed by atoms with Crippen LogP contribution in [0.1, 0.15) is 10.4 Å². The third-order valence-corrected chi connectivity index (χ3v) is 1.74. The second kappa shape index (κ2) is 3.65. The number of carbonyl (C=O) groups is 1. The minimum Gasteiger partial charge on any atom is -0.289 e. The second-order valence-corrected chi connectivity index (χ2v) is 4.40. The second-order valence-electron chi connectivity index (χ2n) is 2.12. The number of hydrogen-bond donors (Lipinski definition) is 0. The number of carbonyl (C=O) groups excluding carboxylic acids is 1. The van der Waals surface area contributed by atoms with E-state index in [1.54, 1.807) is 18.2 Å². The maximum Gasteiger partial charge on any atom is 0.253 e. The van der Waals surface area contributed by atoms with Gasteiger partial charge in [0.25, 0.3) is 3.79 Å². The third kappa shape index (κ3) is 2.37. The number of halogens is 3. The van der Waals surface area contributed by atoms with Gasteiger partial charge < -0.3 is 0 Å². The molecule has 63 valence electrons. The van der Waals surface area contributed by atoms with Crippen molar-refractivity contribution >= 4 is 40.6 Å². The van der Waals surface area contributed by atoms with Gasteiger partial charge in [0.1, 0.15) is 0 Å². The molecule has 0 saturated heterocycles. The zero-order valence-corrected chi connectivity index (χ0v) is 8.12. The van der Waals surface area contributed by atoms with E-state index in [-0.39, 0.29) is 0 Å². The SMILES string of the molecule is O=C(c1c[c]ccc1)C(Cl)(Cl)Cl. The van der Waals surface area contributed by atoms with E-state index in [1.807, 2.05) is 0 Å². The van der Waals surface area contributed by atoms with Crippen LogP contribution in [0.5, 0.6) is 0 Å². The lowest BCUT2D eigenvalue weighted by atomic mass is 10.1. The lowest BCUT2D eigenvalue weighted by Gasteiger charge is -2.08. The first-order valence-corrected chi connectivity index (χ1v) is 4.23. The predicted octanol–water partition coefficient (Wildman–Crippen LogP) is 3.04. The van der Waals surface area contributed by atoms with Crippen molar-refractivity contribution in [2.24, 2.45) is 0 Å². The summed E-state index contributed by atoms with van der Waals surface area (Å²) in [5.41, 5.74) is 0.345. The largest absolute Gasteiger partial charge is 0.289 e. The molecule has 0 atom stereocenters. The van der Waals surface area contributed by atoms with Crippen molar-refractivity contribution in [2.75, 3.05) is 0 Å². The van der Waals surface area contributed by atoms with Gasteiger partial charge in [0.2, 0.25) is 5.78 Å². The Balaban J connectivity index is 2.94. The molecule has 0 heterocycles. The molecule has 0 aliphatic heterocycles. The fourth-order valence-electron chi connectivity index (χ4n) is 0.698. The van der Waals surface area contributed by atoms with Crippen molar-refractivity contribution in [3.63, 3.8) is 0 Å². The van der Waals surface area contributed by atoms with Crippen molar-refractivity contribution in [1.82, 2.24) is 0 Å². The van der Waals surface area contributed by atoms with Crippen LogP contribution in [0.3, 0.4) is 0 Å². The molecular weight excluding hydrogens is 218 g/mol. The van der Waals surface area contributed by atoms with Crippen molar-refractivity contribution in [2.45, 2.75) is 3.79 Å². The molecule has 0 aliphatic carbocycles. The van der Waals surface area contributed by atoms with Crippen molar-refractivity contribution in [3.05, 3.63) is 35.9 Å². The maximum atomic E-state index is 11.3. The molecule has 1 rings (SSSR count). The molecule has 0 unspecified atom stereocenters. The van der Waals surface area contributed by atoms with E-state index in [0.29, 0.717) is 5.56 Å². The van der Waals surface area contributed by atoms with Crippen molar-refractivity contribution in [3.8, 4) is 0 Å². The minimum absolute atomic E-state index is 0.345. The van der Waals surface area contributed by atoms with Gasteiger partial charge in [-0.2, -0.15) is 0 Å². The highest BCUT2D eigenvalue weighted by atomic mass is 35.6. The Morgan fingerprint density at radius 2 is 2.08 bits per heavy atom. The average molecular weight is 222 g/mol. The average Bonchev–Trinajstić information content (AvgIpc) is 2.03. The Bertz CT molecular complexity index is 276. The van der Waals surface area contributed by atoms with Crippen LogP contribution in [0.15, 0.2) is 24.3 Å². The van der Waals surface area contributed by atoms with E-state index >= 15 is 0 Å². The van der Waals surface area contributed by atoms with Gasteiger partial charge in [-0.05, 0) is 12.1 Å². The highest BCUT2D eigenvalue weighted by Crippen LogP contribution is 2.30. The van der Waals surface area contributed by atoms with E-state index in [4.69, 9.17) is 34.8 Å². The maximum absolute atomic E-state index is 11.3. The monoisotopic (exact) mass is 221 g/mol. The van der Waals surface area contributed by atoms with Gasteiger partial charge in [-0.1, -0.05) is 53.0 Å². The molecule has 0 spiro atoms. The summed E-state index contributed by atoms with van der Waals surface area (Å²) in [5.74, 6) is -0.538. The van der Waals surface area contributed by atoms with Gasteiger partial charge >= 0.3 is 0 Å². The van der Waals surface area contributed by atoms with Gasteiger partial charge in [0.05, 0.1) is 0 Å². The molecule has 0 aromatic heterocycles. The molecule has 4 heteroatoms. The zero-order valence-electron chi connectivity index (χ0n) is 5.85. The summed E-state index contributed by atoms with van der Waals surface area (Å²) in [4.78, 5) is 11.3. The summed E-state index contributed by atoms with van der Waals surface area (Å²) in [5, 5.41) is 0. The Kier molecular flexibility index (Phi) is 2.99. The van der Waals surface area contributed by atoms with Gasteiger partial charge in [0.15, 0.2) is 0 Å². The number of rotatable bonds is 1. The summed E-state index contributed by atoms with van der Waals surface area (Å²) in [7, 11) is 0. The first-order chi connectivity index (χ1) is 5.52. The summed E-state index contributed by atoms with van der Waals surface area (Å²) in [6, 6.07) is 9.08. The van der Waals surface area contributed by atoms with Crippen LogP contribution in [0.25, 0.3) is 0 Å². The van der Waals surface area contributed by atoms with Gasteiger partial charge in [-0.15, -0.1) is 0 Å². The van der Waals surface area contributed by atoms with E-state index in [2.05, 4.69) is 6.07 Å². The number of benzene rings is 1. The lowest BCUT2D eigenvalue weighted by Crippen LogP contribution is -2.18. The molecule has 0 amide bonds. The van der Waals surface area contributed by atoms with Crippen LogP contribution < -0.4 is 0 Å². The van der Waals surface area contributed by atoms with E-state index in [9.17, 15) is 4.79 Å². The molecule has 0 aliphatic rings. The normalized spacial score (nSPS) is 11.2. The molecule has 0 saturated carbocycles. The highest BCUT2D eigenvalue weighted by Gasteiger charge is 2.31. The van der Waals surface area contributed by atoms with Crippen molar-refractivity contribution in [1.29, 1.82) is 0 Å². The molecule has 1 nitrogen and oxygen atoms in total. The molecule has 1 aromatic carbocycles. The van der Waals surface area contributed by atoms with Gasteiger partial charge in [-0.25, -0.2) is 0 Å². The Morgan fingerprint density at radius 1 is 1.42 bits per heavy atom. The minimum atomic E-state index is -1.88. The summed E-state index contributed by atoms with van der Waals surface area (Å²) >= 11 is 16.2. The number of alkyl halides is 3. The first kappa shape index (κ1) is 9.85. The van der Waals surface area contributed by atoms with E-state index in [0.717, 1.165) is 0 Å². The standard InChI is InChI=1S/C8H4Cl3O/c9-8(10,11)7(12)6-4-2-1-3-5-6/h1-2,4-5H. The summed E-state index contributed by atoms with van der Waals surface area (Å²) in [6.07, 6.45) is 0. The summed E-state index contributed by atoms with van der Waals surface area (Å²) in [6.45, 7) is 0. The predicted molar refractivity (Wildman–Crippen MR) is 49.9 cm³/mol.